The number of amides is 1. The number of hydrogen-bond donors (Lipinski definition) is 0. The van der Waals surface area contributed by atoms with Gasteiger partial charge in [0, 0.05) is 13.1 Å². The highest BCUT2D eigenvalue weighted by Gasteiger charge is 2.18. The second-order valence-corrected chi connectivity index (χ2v) is 6.01. The largest absolute Gasteiger partial charge is 0.466 e. The first-order valence-corrected chi connectivity index (χ1v) is 8.61. The molecule has 1 amide bonds. The molecule has 1 aromatic carbocycles. The van der Waals surface area contributed by atoms with Crippen molar-refractivity contribution in [2.45, 2.75) is 19.8 Å². The van der Waals surface area contributed by atoms with Crippen molar-refractivity contribution >= 4 is 23.2 Å². The van der Waals surface area contributed by atoms with E-state index in [4.69, 9.17) is 4.74 Å². The maximum absolute atomic E-state index is 12.6. The minimum absolute atomic E-state index is 0.0276. The van der Waals surface area contributed by atoms with Gasteiger partial charge in [-0.25, -0.2) is 0 Å². The van der Waals surface area contributed by atoms with Crippen LogP contribution >= 0.6 is 11.3 Å². The molecule has 0 atom stereocenters. The van der Waals surface area contributed by atoms with Crippen LogP contribution in [0, 0.1) is 0 Å². The lowest BCUT2D eigenvalue weighted by molar-refractivity contribution is -0.143. The van der Waals surface area contributed by atoms with Crippen molar-refractivity contribution in [3.05, 3.63) is 58.3 Å². The Morgan fingerprint density at radius 3 is 2.52 bits per heavy atom. The molecule has 2 aromatic rings. The lowest BCUT2D eigenvalue weighted by Crippen LogP contribution is -2.34. The van der Waals surface area contributed by atoms with Crippen molar-refractivity contribution in [1.82, 2.24) is 4.90 Å². The van der Waals surface area contributed by atoms with Crippen LogP contribution in [0.5, 0.6) is 0 Å². The predicted molar refractivity (Wildman–Crippen MR) is 91.6 cm³/mol. The van der Waals surface area contributed by atoms with Crippen molar-refractivity contribution in [2.75, 3.05) is 19.7 Å². The summed E-state index contributed by atoms with van der Waals surface area (Å²) in [5, 5.41) is 1.88. The molecule has 4 nitrogen and oxygen atoms in total. The molecule has 2 rings (SSSR count). The molecule has 1 heterocycles. The van der Waals surface area contributed by atoms with E-state index in [0.29, 0.717) is 24.6 Å². The summed E-state index contributed by atoms with van der Waals surface area (Å²) in [7, 11) is 0. The molecular weight excluding hydrogens is 310 g/mol. The molecule has 0 unspecified atom stereocenters. The average Bonchev–Trinajstić information content (AvgIpc) is 3.10. The van der Waals surface area contributed by atoms with Gasteiger partial charge in [-0.2, -0.15) is 0 Å². The normalized spacial score (nSPS) is 10.3. The van der Waals surface area contributed by atoms with Crippen LogP contribution in [0.1, 0.15) is 28.6 Å². The molecule has 0 aliphatic rings. The summed E-state index contributed by atoms with van der Waals surface area (Å²) in [6.45, 7) is 3.10. The summed E-state index contributed by atoms with van der Waals surface area (Å²) in [6.07, 6.45) is 0.987. The van der Waals surface area contributed by atoms with Crippen LogP contribution in [0.2, 0.25) is 0 Å². The van der Waals surface area contributed by atoms with Crippen LogP contribution in [0.15, 0.2) is 47.8 Å². The lowest BCUT2D eigenvalue weighted by Gasteiger charge is -2.22. The second kappa shape index (κ2) is 9.10. The van der Waals surface area contributed by atoms with Crippen LogP contribution in [0.4, 0.5) is 0 Å². The minimum Gasteiger partial charge on any atom is -0.466 e. The van der Waals surface area contributed by atoms with E-state index in [0.717, 1.165) is 6.42 Å². The fraction of sp³-hybridized carbons (Fsp3) is 0.333. The van der Waals surface area contributed by atoms with E-state index in [-0.39, 0.29) is 18.3 Å². The van der Waals surface area contributed by atoms with Crippen molar-refractivity contribution in [3.8, 4) is 0 Å². The van der Waals surface area contributed by atoms with Gasteiger partial charge >= 0.3 is 5.97 Å². The summed E-state index contributed by atoms with van der Waals surface area (Å²) in [5.41, 5.74) is 1.17. The molecule has 0 aliphatic carbocycles. The van der Waals surface area contributed by atoms with Crippen LogP contribution in [0.3, 0.4) is 0 Å². The number of thiophene rings is 1. The monoisotopic (exact) mass is 331 g/mol. The molecule has 0 saturated heterocycles. The molecule has 0 fully saturated rings. The van der Waals surface area contributed by atoms with Crippen molar-refractivity contribution < 1.29 is 14.3 Å². The zero-order valence-corrected chi connectivity index (χ0v) is 14.1. The van der Waals surface area contributed by atoms with E-state index >= 15 is 0 Å². The molecule has 0 spiro atoms. The van der Waals surface area contributed by atoms with E-state index in [9.17, 15) is 9.59 Å². The number of hydrogen-bond acceptors (Lipinski definition) is 4. The molecule has 0 saturated carbocycles. The van der Waals surface area contributed by atoms with Gasteiger partial charge < -0.3 is 9.64 Å². The molecule has 5 heteroatoms. The first-order chi connectivity index (χ1) is 11.2. The number of nitrogens with zero attached hydrogens (tertiary/aromatic N) is 1. The number of esters is 1. The van der Waals surface area contributed by atoms with Gasteiger partial charge in [-0.15, -0.1) is 11.3 Å². The zero-order valence-electron chi connectivity index (χ0n) is 13.2. The summed E-state index contributed by atoms with van der Waals surface area (Å²) in [5.74, 6) is -0.295. The average molecular weight is 331 g/mol. The van der Waals surface area contributed by atoms with E-state index in [1.54, 1.807) is 11.8 Å². The van der Waals surface area contributed by atoms with Gasteiger partial charge in [0.05, 0.1) is 17.9 Å². The standard InChI is InChI=1S/C18H21NO3S/c1-2-22-17(20)11-13-19(18(21)16-9-6-14-23-16)12-10-15-7-4-3-5-8-15/h3-9,14H,2,10-13H2,1H3. The van der Waals surface area contributed by atoms with Gasteiger partial charge in [0.2, 0.25) is 0 Å². The predicted octanol–water partition coefficient (Wildman–Crippen LogP) is 3.39. The molecule has 23 heavy (non-hydrogen) atoms. The maximum atomic E-state index is 12.6. The second-order valence-electron chi connectivity index (χ2n) is 5.06. The SMILES string of the molecule is CCOC(=O)CCN(CCc1ccccc1)C(=O)c1cccs1. The van der Waals surface area contributed by atoms with E-state index in [1.807, 2.05) is 47.8 Å². The fourth-order valence-electron chi connectivity index (χ4n) is 2.24. The number of rotatable bonds is 8. The first-order valence-electron chi connectivity index (χ1n) is 7.73. The number of benzene rings is 1. The molecular formula is C18H21NO3S. The maximum Gasteiger partial charge on any atom is 0.307 e. The number of carbonyl (C=O) groups is 2. The fourth-order valence-corrected chi connectivity index (χ4v) is 2.93. The van der Waals surface area contributed by atoms with Crippen molar-refractivity contribution in [2.24, 2.45) is 0 Å². The van der Waals surface area contributed by atoms with Gasteiger partial charge in [-0.1, -0.05) is 36.4 Å². The summed E-state index contributed by atoms with van der Waals surface area (Å²) in [4.78, 5) is 26.6. The Morgan fingerprint density at radius 2 is 1.87 bits per heavy atom. The van der Waals surface area contributed by atoms with Crippen LogP contribution < -0.4 is 0 Å². The first kappa shape index (κ1) is 17.2. The Bertz CT molecular complexity index is 610. The molecule has 0 aliphatic heterocycles. The Morgan fingerprint density at radius 1 is 1.09 bits per heavy atom. The van der Waals surface area contributed by atoms with Gasteiger partial charge in [-0.05, 0) is 30.4 Å². The molecule has 0 bridgehead atoms. The highest BCUT2D eigenvalue weighted by Crippen LogP contribution is 2.13. The third-order valence-electron chi connectivity index (χ3n) is 3.42. The topological polar surface area (TPSA) is 46.6 Å². The highest BCUT2D eigenvalue weighted by atomic mass is 32.1. The third kappa shape index (κ3) is 5.53. The minimum atomic E-state index is -0.267. The summed E-state index contributed by atoms with van der Waals surface area (Å²) < 4.78 is 4.95. The van der Waals surface area contributed by atoms with Gasteiger partial charge in [0.1, 0.15) is 0 Å². The van der Waals surface area contributed by atoms with Gasteiger partial charge in [0.25, 0.3) is 5.91 Å². The Hall–Kier alpha value is -2.14. The molecule has 0 N–H and O–H groups in total. The Balaban J connectivity index is 1.98. The van der Waals surface area contributed by atoms with Crippen molar-refractivity contribution in [3.63, 3.8) is 0 Å². The third-order valence-corrected chi connectivity index (χ3v) is 4.28. The number of carbonyl (C=O) groups excluding carboxylic acids is 2. The molecule has 1 aromatic heterocycles. The van der Waals surface area contributed by atoms with Crippen LogP contribution in [0.25, 0.3) is 0 Å². The Labute approximate surface area is 140 Å². The van der Waals surface area contributed by atoms with E-state index in [2.05, 4.69) is 0 Å². The summed E-state index contributed by atoms with van der Waals surface area (Å²) >= 11 is 1.42. The zero-order chi connectivity index (χ0) is 16.5. The van der Waals surface area contributed by atoms with Gasteiger partial charge in [0.15, 0.2) is 0 Å². The Kier molecular flexibility index (Phi) is 6.81. The van der Waals surface area contributed by atoms with Gasteiger partial charge in [-0.3, -0.25) is 9.59 Å². The van der Waals surface area contributed by atoms with Crippen LogP contribution in [-0.2, 0) is 16.0 Å². The van der Waals surface area contributed by atoms with Crippen LogP contribution in [-0.4, -0.2) is 36.5 Å². The van der Waals surface area contributed by atoms with E-state index in [1.165, 1.54) is 16.9 Å². The summed E-state index contributed by atoms with van der Waals surface area (Å²) in [6, 6.07) is 13.7. The van der Waals surface area contributed by atoms with Crippen molar-refractivity contribution in [1.29, 1.82) is 0 Å². The quantitative estimate of drug-likeness (QED) is 0.697. The number of ether oxygens (including phenoxy) is 1. The van der Waals surface area contributed by atoms with E-state index < -0.39 is 0 Å². The smallest absolute Gasteiger partial charge is 0.307 e. The molecule has 122 valence electrons. The molecule has 0 radical (unpaired) electrons. The highest BCUT2D eigenvalue weighted by molar-refractivity contribution is 7.12. The lowest BCUT2D eigenvalue weighted by atomic mass is 10.1.